The van der Waals surface area contributed by atoms with Gasteiger partial charge in [0.1, 0.15) is 11.6 Å². The topological polar surface area (TPSA) is 79.2 Å². The van der Waals surface area contributed by atoms with Gasteiger partial charge in [-0.05, 0) is 84.0 Å². The van der Waals surface area contributed by atoms with Crippen LogP contribution < -0.4 is 9.47 Å². The fourth-order valence-electron chi connectivity index (χ4n) is 4.60. The second-order valence-corrected chi connectivity index (χ2v) is 11.6. The lowest BCUT2D eigenvalue weighted by molar-refractivity contribution is -0.120. The molecule has 6 nitrogen and oxygen atoms in total. The molecular formula is C27H28FNO5S. The first-order valence-corrected chi connectivity index (χ1v) is 12.9. The minimum absolute atomic E-state index is 0.0272. The summed E-state index contributed by atoms with van der Waals surface area (Å²) < 4.78 is 48.3. The lowest BCUT2D eigenvalue weighted by Crippen LogP contribution is -2.23. The minimum atomic E-state index is -3.12. The van der Waals surface area contributed by atoms with Gasteiger partial charge in [-0.1, -0.05) is 18.2 Å². The number of nitrogens with zero attached hydrogens (tertiary/aromatic N) is 1. The summed E-state index contributed by atoms with van der Waals surface area (Å²) in [4.78, 5) is 13.8. The van der Waals surface area contributed by atoms with Crippen LogP contribution in [0, 0.1) is 12.7 Å². The van der Waals surface area contributed by atoms with Crippen molar-refractivity contribution in [2.45, 2.75) is 36.5 Å². The van der Waals surface area contributed by atoms with Crippen molar-refractivity contribution in [1.29, 1.82) is 0 Å². The molecule has 5 rings (SSSR count). The fraction of sp³-hybridized carbons (Fsp3) is 0.296. The van der Waals surface area contributed by atoms with E-state index in [0.717, 1.165) is 29.5 Å². The third-order valence-corrected chi connectivity index (χ3v) is 8.83. The number of carbonyl (C=O) groups excluding carboxylic acids is 1. The Morgan fingerprint density at radius 2 is 1.80 bits per heavy atom. The zero-order valence-electron chi connectivity index (χ0n) is 19.9. The van der Waals surface area contributed by atoms with Crippen LogP contribution >= 0.6 is 10.8 Å². The maximum Gasteiger partial charge on any atom is 0.231 e. The molecule has 184 valence electrons. The van der Waals surface area contributed by atoms with Crippen LogP contribution in [0.25, 0.3) is 11.1 Å². The average Bonchev–Trinajstić information content (AvgIpc) is 3.51. The first-order valence-electron chi connectivity index (χ1n) is 11.4. The van der Waals surface area contributed by atoms with Gasteiger partial charge in [-0.3, -0.25) is 13.9 Å². The summed E-state index contributed by atoms with van der Waals surface area (Å²) in [7, 11) is 0.0822. The van der Waals surface area contributed by atoms with Gasteiger partial charge in [-0.15, -0.1) is 10.8 Å². The molecule has 1 aliphatic carbocycles. The molecule has 2 aliphatic rings. The van der Waals surface area contributed by atoms with Gasteiger partial charge in [-0.2, -0.15) is 0 Å². The third kappa shape index (κ3) is 4.21. The van der Waals surface area contributed by atoms with Crippen molar-refractivity contribution in [3.8, 4) is 22.6 Å². The van der Waals surface area contributed by atoms with Crippen LogP contribution in [0.2, 0.25) is 0 Å². The van der Waals surface area contributed by atoms with Crippen LogP contribution in [0.4, 0.5) is 4.39 Å². The van der Waals surface area contributed by atoms with Crippen molar-refractivity contribution in [3.05, 3.63) is 77.1 Å². The van der Waals surface area contributed by atoms with Crippen LogP contribution in [-0.2, 0) is 16.6 Å². The Hall–Kier alpha value is -2.91. The molecule has 0 atom stereocenters. The van der Waals surface area contributed by atoms with E-state index >= 15 is 4.39 Å². The van der Waals surface area contributed by atoms with Gasteiger partial charge >= 0.3 is 0 Å². The molecule has 1 saturated carbocycles. The average molecular weight is 498 g/mol. The highest BCUT2D eigenvalue weighted by Crippen LogP contribution is 2.52. The number of fused-ring (bicyclic) bond motifs is 1. The number of ketones is 1. The Kier molecular flexibility index (Phi) is 5.88. The highest BCUT2D eigenvalue weighted by atomic mass is 32.3. The molecule has 0 aromatic heterocycles. The Balaban J connectivity index is 1.45. The van der Waals surface area contributed by atoms with E-state index in [1.807, 2.05) is 24.3 Å². The number of Topliss-reactive ketones (excluding diaryl/α,β-unsaturated/α-hetero) is 1. The molecule has 3 aromatic carbocycles. The predicted molar refractivity (Wildman–Crippen MR) is 134 cm³/mol. The first kappa shape index (κ1) is 23.8. The zero-order chi connectivity index (χ0) is 25.0. The second-order valence-electron chi connectivity index (χ2n) is 9.37. The highest BCUT2D eigenvalue weighted by Gasteiger charge is 2.51. The predicted octanol–water partition coefficient (Wildman–Crippen LogP) is 5.96. The van der Waals surface area contributed by atoms with Crippen LogP contribution in [0.3, 0.4) is 0 Å². The maximum atomic E-state index is 15.0. The summed E-state index contributed by atoms with van der Waals surface area (Å²) in [5.41, 5.74) is 2.76. The van der Waals surface area contributed by atoms with E-state index in [9.17, 15) is 13.9 Å². The molecular weight excluding hydrogens is 469 g/mol. The standard InChI is InChI=1S/C27H28FNO5S/c1-17-11-23(28)19(13-22(17)18-5-4-6-21(12-18)35(31,32)29(2)3)14-26(30)27(9-10-27)20-7-8-24-25(15-20)34-16-33-24/h4-8,11-13,15,31-32H,9-10,14,16H2,1-3H3. The SMILES string of the molecule is Cc1cc(F)c(CC(=O)C2(c3ccc4c(c3)OCO4)CC2)cc1-c1cccc(S(O)(O)N(C)C)c1. The van der Waals surface area contributed by atoms with E-state index in [1.54, 1.807) is 45.3 Å². The molecule has 35 heavy (non-hydrogen) atoms. The lowest BCUT2D eigenvalue weighted by Gasteiger charge is -2.38. The number of hydrogen-bond donors (Lipinski definition) is 2. The van der Waals surface area contributed by atoms with Gasteiger partial charge in [0.25, 0.3) is 0 Å². The summed E-state index contributed by atoms with van der Waals surface area (Å²) in [5, 5.41) is 0. The zero-order valence-corrected chi connectivity index (χ0v) is 20.7. The van der Waals surface area contributed by atoms with Gasteiger partial charge in [-0.25, -0.2) is 8.70 Å². The smallest absolute Gasteiger partial charge is 0.231 e. The molecule has 0 amide bonds. The Bertz CT molecular complexity index is 1320. The van der Waals surface area contributed by atoms with E-state index in [0.29, 0.717) is 27.5 Å². The summed E-state index contributed by atoms with van der Waals surface area (Å²) >= 11 is 0. The van der Waals surface area contributed by atoms with E-state index in [4.69, 9.17) is 9.47 Å². The molecule has 0 saturated heterocycles. The Morgan fingerprint density at radius 3 is 2.51 bits per heavy atom. The number of benzene rings is 3. The summed E-state index contributed by atoms with van der Waals surface area (Å²) in [6, 6.07) is 15.7. The van der Waals surface area contributed by atoms with Crippen molar-refractivity contribution in [3.63, 3.8) is 0 Å². The lowest BCUT2D eigenvalue weighted by atomic mass is 9.86. The van der Waals surface area contributed by atoms with Gasteiger partial charge in [0.05, 0.1) is 10.3 Å². The van der Waals surface area contributed by atoms with Crippen molar-refractivity contribution in [2.75, 3.05) is 20.9 Å². The van der Waals surface area contributed by atoms with Crippen molar-refractivity contribution in [1.82, 2.24) is 4.31 Å². The Labute approximate surface area is 205 Å². The number of hydrogen-bond acceptors (Lipinski definition) is 6. The molecule has 1 aliphatic heterocycles. The molecule has 1 fully saturated rings. The molecule has 1 heterocycles. The summed E-state index contributed by atoms with van der Waals surface area (Å²) in [5.74, 6) is 0.851. The number of halogens is 1. The molecule has 8 heteroatoms. The Morgan fingerprint density at radius 1 is 1.06 bits per heavy atom. The van der Waals surface area contributed by atoms with Crippen LogP contribution in [0.15, 0.2) is 59.5 Å². The van der Waals surface area contributed by atoms with E-state index in [1.165, 1.54) is 10.4 Å². The number of carbonyl (C=O) groups is 1. The number of aryl methyl sites for hydroxylation is 1. The van der Waals surface area contributed by atoms with E-state index in [-0.39, 0.29) is 19.0 Å². The normalized spacial score (nSPS) is 16.4. The fourth-order valence-corrected chi connectivity index (χ4v) is 5.57. The van der Waals surface area contributed by atoms with E-state index in [2.05, 4.69) is 0 Å². The van der Waals surface area contributed by atoms with E-state index < -0.39 is 22.0 Å². The number of ether oxygens (including phenoxy) is 2. The molecule has 0 spiro atoms. The van der Waals surface area contributed by atoms with Crippen LogP contribution in [-0.4, -0.2) is 40.1 Å². The maximum absolute atomic E-state index is 15.0. The molecule has 0 radical (unpaired) electrons. The molecule has 0 unspecified atom stereocenters. The van der Waals surface area contributed by atoms with Gasteiger partial charge in [0, 0.05) is 20.5 Å². The monoisotopic (exact) mass is 497 g/mol. The van der Waals surface area contributed by atoms with Crippen molar-refractivity contribution < 1.29 is 27.8 Å². The van der Waals surface area contributed by atoms with Crippen molar-refractivity contribution in [2.24, 2.45) is 0 Å². The second kappa shape index (κ2) is 8.64. The third-order valence-electron chi connectivity index (χ3n) is 6.92. The minimum Gasteiger partial charge on any atom is -0.454 e. The summed E-state index contributed by atoms with van der Waals surface area (Å²) in [6.07, 6.45) is 1.41. The first-order chi connectivity index (χ1) is 16.6. The van der Waals surface area contributed by atoms with Gasteiger partial charge < -0.3 is 9.47 Å². The van der Waals surface area contributed by atoms with Crippen LogP contribution in [0.5, 0.6) is 11.5 Å². The van der Waals surface area contributed by atoms with Gasteiger partial charge in [0.2, 0.25) is 6.79 Å². The molecule has 2 N–H and O–H groups in total. The quantitative estimate of drug-likeness (QED) is 0.419. The number of rotatable bonds is 7. The largest absolute Gasteiger partial charge is 0.454 e. The molecule has 0 bridgehead atoms. The summed E-state index contributed by atoms with van der Waals surface area (Å²) in [6.45, 7) is 1.97. The highest BCUT2D eigenvalue weighted by molar-refractivity contribution is 8.22. The van der Waals surface area contributed by atoms with Crippen LogP contribution in [0.1, 0.15) is 29.5 Å². The molecule has 3 aromatic rings. The van der Waals surface area contributed by atoms with Gasteiger partial charge in [0.15, 0.2) is 11.5 Å². The van der Waals surface area contributed by atoms with Crippen molar-refractivity contribution >= 4 is 16.6 Å².